The highest BCUT2D eigenvalue weighted by Gasteiger charge is 2.23. The minimum absolute atomic E-state index is 0.289. The number of nitrogens with zero attached hydrogens (tertiary/aromatic N) is 1. The SMILES string of the molecule is COc1ccccc1C(C)NC(=O)CN(c1ccc(C)cc1C)S(C)(=O)=O. The van der Waals surface area contributed by atoms with E-state index in [-0.39, 0.29) is 18.5 Å². The number of hydrogen-bond donors (Lipinski definition) is 1. The minimum Gasteiger partial charge on any atom is -0.496 e. The number of rotatable bonds is 7. The number of carbonyl (C=O) groups is 1. The van der Waals surface area contributed by atoms with Crippen LogP contribution in [0, 0.1) is 13.8 Å². The van der Waals surface area contributed by atoms with Gasteiger partial charge in [-0.3, -0.25) is 9.10 Å². The van der Waals surface area contributed by atoms with Gasteiger partial charge in [-0.1, -0.05) is 35.9 Å². The Labute approximate surface area is 161 Å². The van der Waals surface area contributed by atoms with Crippen LogP contribution in [0.15, 0.2) is 42.5 Å². The molecule has 1 amide bonds. The third-order valence-electron chi connectivity index (χ3n) is 4.29. The molecule has 1 unspecified atom stereocenters. The highest BCUT2D eigenvalue weighted by molar-refractivity contribution is 7.92. The predicted molar refractivity (Wildman–Crippen MR) is 108 cm³/mol. The average molecular weight is 391 g/mol. The standard InChI is InChI=1S/C20H26N2O4S/c1-14-10-11-18(15(2)12-14)22(27(5,24)25)13-20(23)21-16(3)17-8-6-7-9-19(17)26-4/h6-12,16H,13H2,1-5H3,(H,21,23). The molecule has 0 bridgehead atoms. The Balaban J connectivity index is 2.22. The van der Waals surface area contributed by atoms with Crippen molar-refractivity contribution in [3.63, 3.8) is 0 Å². The number of amides is 1. The molecule has 146 valence electrons. The molecule has 2 aromatic carbocycles. The van der Waals surface area contributed by atoms with E-state index in [2.05, 4.69) is 5.32 Å². The van der Waals surface area contributed by atoms with E-state index >= 15 is 0 Å². The summed E-state index contributed by atoms with van der Waals surface area (Å²) in [6.45, 7) is 5.30. The molecule has 0 aliphatic rings. The summed E-state index contributed by atoms with van der Waals surface area (Å²) in [5.41, 5.74) is 3.15. The van der Waals surface area contributed by atoms with E-state index in [9.17, 15) is 13.2 Å². The van der Waals surface area contributed by atoms with Crippen molar-refractivity contribution >= 4 is 21.6 Å². The summed E-state index contributed by atoms with van der Waals surface area (Å²) in [4.78, 5) is 12.6. The molecule has 1 N–H and O–H groups in total. The lowest BCUT2D eigenvalue weighted by atomic mass is 10.1. The molecule has 0 radical (unpaired) electrons. The molecule has 0 aromatic heterocycles. The molecule has 1 atom stereocenters. The number of para-hydroxylation sites is 1. The summed E-state index contributed by atoms with van der Waals surface area (Å²) in [7, 11) is -2.05. The molecule has 2 aromatic rings. The second-order valence-electron chi connectivity index (χ2n) is 6.59. The summed E-state index contributed by atoms with van der Waals surface area (Å²) >= 11 is 0. The summed E-state index contributed by atoms with van der Waals surface area (Å²) < 4.78 is 31.0. The number of ether oxygens (including phenoxy) is 1. The van der Waals surface area contributed by atoms with E-state index in [1.54, 1.807) is 13.2 Å². The van der Waals surface area contributed by atoms with Crippen molar-refractivity contribution in [1.29, 1.82) is 0 Å². The van der Waals surface area contributed by atoms with Gasteiger partial charge in [0.05, 0.1) is 25.1 Å². The minimum atomic E-state index is -3.61. The van der Waals surface area contributed by atoms with Gasteiger partial charge < -0.3 is 10.1 Å². The highest BCUT2D eigenvalue weighted by atomic mass is 32.2. The topological polar surface area (TPSA) is 75.7 Å². The fourth-order valence-electron chi connectivity index (χ4n) is 2.99. The van der Waals surface area contributed by atoms with Crippen LogP contribution in [0.5, 0.6) is 5.75 Å². The van der Waals surface area contributed by atoms with E-state index in [0.29, 0.717) is 11.4 Å². The lowest BCUT2D eigenvalue weighted by molar-refractivity contribution is -0.120. The van der Waals surface area contributed by atoms with Crippen LogP contribution in [-0.2, 0) is 14.8 Å². The normalized spacial score (nSPS) is 12.3. The van der Waals surface area contributed by atoms with Crippen LogP contribution < -0.4 is 14.4 Å². The van der Waals surface area contributed by atoms with Gasteiger partial charge in [0.25, 0.3) is 0 Å². The van der Waals surface area contributed by atoms with Gasteiger partial charge in [-0.25, -0.2) is 8.42 Å². The molecule has 0 saturated carbocycles. The predicted octanol–water partition coefficient (Wildman–Crippen LogP) is 2.96. The number of anilines is 1. The molecule has 0 spiro atoms. The molecular weight excluding hydrogens is 364 g/mol. The highest BCUT2D eigenvalue weighted by Crippen LogP contribution is 2.25. The Morgan fingerprint density at radius 2 is 1.85 bits per heavy atom. The van der Waals surface area contributed by atoms with Crippen LogP contribution >= 0.6 is 0 Å². The van der Waals surface area contributed by atoms with Crippen LogP contribution in [0.25, 0.3) is 0 Å². The van der Waals surface area contributed by atoms with Crippen molar-refractivity contribution < 1.29 is 17.9 Å². The number of benzene rings is 2. The molecule has 0 aliphatic carbocycles. The number of carbonyl (C=O) groups excluding carboxylic acids is 1. The zero-order valence-electron chi connectivity index (χ0n) is 16.3. The Morgan fingerprint density at radius 1 is 1.19 bits per heavy atom. The van der Waals surface area contributed by atoms with Gasteiger partial charge >= 0.3 is 0 Å². The van der Waals surface area contributed by atoms with Crippen molar-refractivity contribution in [2.24, 2.45) is 0 Å². The Hall–Kier alpha value is -2.54. The Bertz CT molecular complexity index is 925. The van der Waals surface area contributed by atoms with Crippen molar-refractivity contribution in [1.82, 2.24) is 5.32 Å². The van der Waals surface area contributed by atoms with Crippen molar-refractivity contribution in [2.45, 2.75) is 26.8 Å². The maximum absolute atomic E-state index is 12.6. The molecule has 27 heavy (non-hydrogen) atoms. The van der Waals surface area contributed by atoms with Crippen LogP contribution in [0.3, 0.4) is 0 Å². The fourth-order valence-corrected chi connectivity index (χ4v) is 3.90. The molecule has 0 saturated heterocycles. The maximum atomic E-state index is 12.6. The average Bonchev–Trinajstić information content (AvgIpc) is 2.59. The zero-order valence-corrected chi connectivity index (χ0v) is 17.1. The fraction of sp³-hybridized carbons (Fsp3) is 0.350. The molecule has 0 heterocycles. The molecule has 0 aliphatic heterocycles. The van der Waals surface area contributed by atoms with E-state index < -0.39 is 10.0 Å². The first kappa shape index (κ1) is 20.8. The molecule has 6 nitrogen and oxygen atoms in total. The van der Waals surface area contributed by atoms with E-state index in [4.69, 9.17) is 4.74 Å². The van der Waals surface area contributed by atoms with E-state index in [0.717, 1.165) is 27.3 Å². The number of sulfonamides is 1. The number of methoxy groups -OCH3 is 1. The van der Waals surface area contributed by atoms with Gasteiger partial charge in [0.2, 0.25) is 15.9 Å². The van der Waals surface area contributed by atoms with Crippen molar-refractivity contribution in [2.75, 3.05) is 24.2 Å². The van der Waals surface area contributed by atoms with Crippen molar-refractivity contribution in [3.8, 4) is 5.75 Å². The first-order valence-electron chi connectivity index (χ1n) is 8.60. The van der Waals surface area contributed by atoms with Crippen molar-refractivity contribution in [3.05, 3.63) is 59.2 Å². The van der Waals surface area contributed by atoms with Gasteiger partial charge in [-0.05, 0) is 38.5 Å². The second-order valence-corrected chi connectivity index (χ2v) is 8.50. The lowest BCUT2D eigenvalue weighted by Crippen LogP contribution is -2.41. The first-order chi connectivity index (χ1) is 12.6. The molecule has 2 rings (SSSR count). The van der Waals surface area contributed by atoms with Gasteiger partial charge in [0.1, 0.15) is 12.3 Å². The van der Waals surface area contributed by atoms with Crippen LogP contribution in [0.2, 0.25) is 0 Å². The molecular formula is C20H26N2O4S. The van der Waals surface area contributed by atoms with Gasteiger partial charge in [0.15, 0.2) is 0 Å². The number of hydrogen-bond acceptors (Lipinski definition) is 4. The Kier molecular flexibility index (Phi) is 6.49. The van der Waals surface area contributed by atoms with E-state index in [1.165, 1.54) is 0 Å². The maximum Gasteiger partial charge on any atom is 0.241 e. The van der Waals surface area contributed by atoms with Crippen LogP contribution in [-0.4, -0.2) is 34.2 Å². The van der Waals surface area contributed by atoms with Crippen LogP contribution in [0.4, 0.5) is 5.69 Å². The molecule has 0 fully saturated rings. The third kappa shape index (κ3) is 5.23. The smallest absolute Gasteiger partial charge is 0.241 e. The largest absolute Gasteiger partial charge is 0.496 e. The third-order valence-corrected chi connectivity index (χ3v) is 5.42. The molecule has 7 heteroatoms. The first-order valence-corrected chi connectivity index (χ1v) is 10.5. The van der Waals surface area contributed by atoms with Gasteiger partial charge in [-0.15, -0.1) is 0 Å². The van der Waals surface area contributed by atoms with Gasteiger partial charge in [-0.2, -0.15) is 0 Å². The zero-order chi connectivity index (χ0) is 20.2. The lowest BCUT2D eigenvalue weighted by Gasteiger charge is -2.25. The summed E-state index contributed by atoms with van der Waals surface area (Å²) in [6.07, 6.45) is 1.10. The van der Waals surface area contributed by atoms with Crippen LogP contribution in [0.1, 0.15) is 29.7 Å². The summed E-state index contributed by atoms with van der Waals surface area (Å²) in [5, 5.41) is 2.85. The second kappa shape index (κ2) is 8.43. The monoisotopic (exact) mass is 390 g/mol. The summed E-state index contributed by atoms with van der Waals surface area (Å²) in [5.74, 6) is 0.276. The number of nitrogens with one attached hydrogen (secondary N) is 1. The van der Waals surface area contributed by atoms with E-state index in [1.807, 2.05) is 57.2 Å². The number of aryl methyl sites for hydroxylation is 2. The van der Waals surface area contributed by atoms with Gasteiger partial charge in [0, 0.05) is 5.56 Å². The quantitative estimate of drug-likeness (QED) is 0.789. The Morgan fingerprint density at radius 3 is 2.44 bits per heavy atom. The summed E-state index contributed by atoms with van der Waals surface area (Å²) in [6, 6.07) is 12.5.